The van der Waals surface area contributed by atoms with Gasteiger partial charge in [0.1, 0.15) is 0 Å². The zero-order valence-electron chi connectivity index (χ0n) is 8.83. The van der Waals surface area contributed by atoms with E-state index in [0.29, 0.717) is 0 Å². The summed E-state index contributed by atoms with van der Waals surface area (Å²) in [4.78, 5) is 7.18. The Kier molecular flexibility index (Phi) is 4.28. The first-order valence-corrected chi connectivity index (χ1v) is 6.25. The van der Waals surface area contributed by atoms with Crippen LogP contribution < -0.4 is 5.32 Å². The van der Waals surface area contributed by atoms with Crippen LogP contribution in [0, 0.1) is 6.92 Å². The maximum atomic E-state index is 11.1. The first-order valence-electron chi connectivity index (χ1n) is 4.63. The van der Waals surface area contributed by atoms with Gasteiger partial charge >= 0.3 is 0 Å². The van der Waals surface area contributed by atoms with Gasteiger partial charge in [-0.25, -0.2) is 4.98 Å². The molecule has 2 N–H and O–H groups in total. The Morgan fingerprint density at radius 1 is 1.71 bits per heavy atom. The Morgan fingerprint density at radius 2 is 2.43 bits per heavy atom. The minimum atomic E-state index is -0.755. The monoisotopic (exact) mass is 215 g/mol. The third-order valence-electron chi connectivity index (χ3n) is 2.23. The Balaban J connectivity index is 2.29. The van der Waals surface area contributed by atoms with Crippen molar-refractivity contribution in [2.75, 3.05) is 12.8 Å². The van der Waals surface area contributed by atoms with E-state index in [9.17, 15) is 4.21 Å². The number of hydrogen-bond acceptors (Lipinski definition) is 3. The number of aromatic amines is 1. The number of rotatable bonds is 5. The minimum absolute atomic E-state index is 0.189. The van der Waals surface area contributed by atoms with E-state index in [1.165, 1.54) is 0 Å². The molecular formula is C9H17N3OS. The van der Waals surface area contributed by atoms with Crippen LogP contribution >= 0.6 is 0 Å². The molecule has 1 heterocycles. The van der Waals surface area contributed by atoms with Crippen LogP contribution in [0.15, 0.2) is 6.33 Å². The molecule has 0 aliphatic rings. The maximum Gasteiger partial charge on any atom is 0.0925 e. The summed E-state index contributed by atoms with van der Waals surface area (Å²) in [6, 6.07) is 0. The number of imidazole rings is 1. The molecule has 0 radical (unpaired) electrons. The molecule has 0 saturated carbocycles. The Morgan fingerprint density at radius 3 is 2.93 bits per heavy atom. The average Bonchev–Trinajstić information content (AvgIpc) is 2.51. The summed E-state index contributed by atoms with van der Waals surface area (Å²) in [5.74, 6) is 0. The molecule has 0 bridgehead atoms. The average molecular weight is 215 g/mol. The number of nitrogens with zero attached hydrogens (tertiary/aromatic N) is 1. The molecule has 1 rings (SSSR count). The molecule has 0 aliphatic heterocycles. The molecule has 5 heteroatoms. The van der Waals surface area contributed by atoms with Gasteiger partial charge in [-0.3, -0.25) is 4.21 Å². The molecule has 14 heavy (non-hydrogen) atoms. The molecule has 0 aliphatic carbocycles. The largest absolute Gasteiger partial charge is 0.348 e. The van der Waals surface area contributed by atoms with Crippen molar-refractivity contribution in [3.05, 3.63) is 17.7 Å². The molecule has 2 unspecified atom stereocenters. The molecule has 1 aromatic heterocycles. The van der Waals surface area contributed by atoms with Crippen LogP contribution in [0.4, 0.5) is 0 Å². The first kappa shape index (κ1) is 11.4. The normalized spacial score (nSPS) is 15.4. The van der Waals surface area contributed by atoms with Crippen LogP contribution in [0.5, 0.6) is 0 Å². The second-order valence-electron chi connectivity index (χ2n) is 3.41. The lowest BCUT2D eigenvalue weighted by Gasteiger charge is -2.08. The molecule has 0 spiro atoms. The fourth-order valence-corrected chi connectivity index (χ4v) is 1.43. The van der Waals surface area contributed by atoms with E-state index >= 15 is 0 Å². The van der Waals surface area contributed by atoms with Crippen molar-refractivity contribution in [2.45, 2.75) is 25.6 Å². The predicted octanol–water partition coefficient (Wildman–Crippen LogP) is 0.575. The van der Waals surface area contributed by atoms with Crippen LogP contribution in [0.3, 0.4) is 0 Å². The molecule has 0 fully saturated rings. The second-order valence-corrected chi connectivity index (χ2v) is 5.22. The fourth-order valence-electron chi connectivity index (χ4n) is 1.08. The van der Waals surface area contributed by atoms with Crippen LogP contribution in [0.25, 0.3) is 0 Å². The molecule has 2 atom stereocenters. The van der Waals surface area contributed by atoms with Crippen molar-refractivity contribution in [1.82, 2.24) is 15.3 Å². The van der Waals surface area contributed by atoms with Crippen LogP contribution in [0.2, 0.25) is 0 Å². The fraction of sp³-hybridized carbons (Fsp3) is 0.667. The van der Waals surface area contributed by atoms with Gasteiger partial charge in [-0.05, 0) is 13.8 Å². The SMILES string of the molecule is Cc1[nH]cnc1CNCC(C)S(C)=O. The highest BCUT2D eigenvalue weighted by atomic mass is 32.2. The number of nitrogens with one attached hydrogen (secondary N) is 2. The Hall–Kier alpha value is -0.680. The minimum Gasteiger partial charge on any atom is -0.348 e. The standard InChI is InChI=1S/C9H17N3OS/c1-7(14(3)13)4-10-5-9-8(2)11-6-12-9/h6-7,10H,4-5H2,1-3H3,(H,11,12). The van der Waals surface area contributed by atoms with Crippen molar-refractivity contribution in [1.29, 1.82) is 0 Å². The zero-order valence-corrected chi connectivity index (χ0v) is 9.65. The van der Waals surface area contributed by atoms with Gasteiger partial charge in [0.05, 0.1) is 12.0 Å². The van der Waals surface area contributed by atoms with Gasteiger partial charge in [-0.2, -0.15) is 0 Å². The highest BCUT2D eigenvalue weighted by molar-refractivity contribution is 7.84. The summed E-state index contributed by atoms with van der Waals surface area (Å²) in [7, 11) is -0.755. The second kappa shape index (κ2) is 5.26. The summed E-state index contributed by atoms with van der Waals surface area (Å²) in [6.07, 6.45) is 3.42. The van der Waals surface area contributed by atoms with Crippen molar-refractivity contribution < 1.29 is 4.21 Å². The van der Waals surface area contributed by atoms with Gasteiger partial charge in [-0.1, -0.05) is 0 Å². The summed E-state index contributed by atoms with van der Waals surface area (Å²) >= 11 is 0. The van der Waals surface area contributed by atoms with Crippen LogP contribution in [0.1, 0.15) is 18.3 Å². The van der Waals surface area contributed by atoms with Crippen molar-refractivity contribution in [3.8, 4) is 0 Å². The third kappa shape index (κ3) is 3.23. The van der Waals surface area contributed by atoms with Gasteiger partial charge in [0.25, 0.3) is 0 Å². The lowest BCUT2D eigenvalue weighted by Crippen LogP contribution is -2.27. The van der Waals surface area contributed by atoms with E-state index in [2.05, 4.69) is 15.3 Å². The third-order valence-corrected chi connectivity index (χ3v) is 3.53. The van der Waals surface area contributed by atoms with E-state index in [4.69, 9.17) is 0 Å². The molecule has 0 amide bonds. The van der Waals surface area contributed by atoms with Crippen molar-refractivity contribution >= 4 is 10.8 Å². The predicted molar refractivity (Wildman–Crippen MR) is 58.6 cm³/mol. The van der Waals surface area contributed by atoms with Gasteiger partial charge in [0.2, 0.25) is 0 Å². The molecule has 80 valence electrons. The lowest BCUT2D eigenvalue weighted by molar-refractivity contribution is 0.642. The van der Waals surface area contributed by atoms with Crippen molar-refractivity contribution in [3.63, 3.8) is 0 Å². The molecule has 4 nitrogen and oxygen atoms in total. The molecule has 0 saturated heterocycles. The topological polar surface area (TPSA) is 57.8 Å². The summed E-state index contributed by atoms with van der Waals surface area (Å²) in [5, 5.41) is 3.42. The maximum absolute atomic E-state index is 11.1. The lowest BCUT2D eigenvalue weighted by atomic mass is 10.3. The van der Waals surface area contributed by atoms with E-state index in [1.807, 2.05) is 13.8 Å². The quantitative estimate of drug-likeness (QED) is 0.755. The Labute approximate surface area is 87.0 Å². The van der Waals surface area contributed by atoms with Crippen molar-refractivity contribution in [2.24, 2.45) is 0 Å². The van der Waals surface area contributed by atoms with Gasteiger partial charge in [-0.15, -0.1) is 0 Å². The number of aryl methyl sites for hydroxylation is 1. The summed E-state index contributed by atoms with van der Waals surface area (Å²) in [6.45, 7) is 5.46. The molecule has 1 aromatic rings. The zero-order chi connectivity index (χ0) is 10.6. The van der Waals surface area contributed by atoms with Gasteiger partial charge in [0.15, 0.2) is 0 Å². The number of hydrogen-bond donors (Lipinski definition) is 2. The Bertz CT molecular complexity index is 311. The summed E-state index contributed by atoms with van der Waals surface area (Å²) in [5.41, 5.74) is 2.11. The van der Waals surface area contributed by atoms with E-state index in [0.717, 1.165) is 24.5 Å². The number of H-pyrrole nitrogens is 1. The van der Waals surface area contributed by atoms with Crippen LogP contribution in [-0.4, -0.2) is 32.2 Å². The van der Waals surface area contributed by atoms with E-state index in [1.54, 1.807) is 12.6 Å². The highest BCUT2D eigenvalue weighted by Gasteiger charge is 2.06. The van der Waals surface area contributed by atoms with E-state index < -0.39 is 10.8 Å². The number of aromatic nitrogens is 2. The van der Waals surface area contributed by atoms with Gasteiger partial charge in [0, 0.05) is 41.1 Å². The molecular weight excluding hydrogens is 198 g/mol. The summed E-state index contributed by atoms with van der Waals surface area (Å²) < 4.78 is 11.1. The highest BCUT2D eigenvalue weighted by Crippen LogP contribution is 1.99. The smallest absolute Gasteiger partial charge is 0.0925 e. The molecule has 0 aromatic carbocycles. The van der Waals surface area contributed by atoms with Crippen LogP contribution in [-0.2, 0) is 17.3 Å². The van der Waals surface area contributed by atoms with Gasteiger partial charge < -0.3 is 10.3 Å². The first-order chi connectivity index (χ1) is 6.61. The van der Waals surface area contributed by atoms with E-state index in [-0.39, 0.29) is 5.25 Å².